The zero-order valence-electron chi connectivity index (χ0n) is 10.7. The maximum Gasteiger partial charge on any atom is 0.333 e. The molecule has 0 radical (unpaired) electrons. The highest BCUT2D eigenvalue weighted by Crippen LogP contribution is 2.18. The van der Waals surface area contributed by atoms with Crippen LogP contribution in [0.4, 0.5) is 0 Å². The lowest BCUT2D eigenvalue weighted by Crippen LogP contribution is -2.13. The molecule has 1 atom stereocenters. The zero-order chi connectivity index (χ0) is 12.7. The summed E-state index contributed by atoms with van der Waals surface area (Å²) in [6.45, 7) is 9.21. The van der Waals surface area contributed by atoms with Crippen molar-refractivity contribution in [2.45, 2.75) is 39.4 Å². The van der Waals surface area contributed by atoms with Crippen molar-refractivity contribution < 1.29 is 19.0 Å². The van der Waals surface area contributed by atoms with Crippen molar-refractivity contribution in [2.24, 2.45) is 5.92 Å². The van der Waals surface area contributed by atoms with Crippen LogP contribution in [-0.4, -0.2) is 32.1 Å². The van der Waals surface area contributed by atoms with Crippen LogP contribution in [0.2, 0.25) is 0 Å². The molecule has 1 heterocycles. The number of carbonyl (C=O) groups is 1. The average Bonchev–Trinajstić information content (AvgIpc) is 2.76. The molecule has 0 aromatic rings. The third kappa shape index (κ3) is 5.84. The predicted molar refractivity (Wildman–Crippen MR) is 64.5 cm³/mol. The molecule has 1 aliphatic heterocycles. The minimum atomic E-state index is -0.305. The van der Waals surface area contributed by atoms with E-state index < -0.39 is 0 Å². The van der Waals surface area contributed by atoms with Gasteiger partial charge in [0.2, 0.25) is 0 Å². The molecule has 0 N–H and O–H groups in total. The summed E-state index contributed by atoms with van der Waals surface area (Å²) in [5.41, 5.74) is 0.450. The van der Waals surface area contributed by atoms with E-state index in [-0.39, 0.29) is 12.3 Å². The van der Waals surface area contributed by atoms with E-state index in [2.05, 4.69) is 13.5 Å². The normalized spacial score (nSPS) is 18.0. The van der Waals surface area contributed by atoms with Gasteiger partial charge >= 0.3 is 5.97 Å². The molecule has 4 nitrogen and oxygen atoms in total. The SMILES string of the molecule is C=C(C)C(=O)OCCCC(C)CC1OCCO1. The molecule has 1 fully saturated rings. The van der Waals surface area contributed by atoms with Crippen LogP contribution in [0, 0.1) is 5.92 Å². The van der Waals surface area contributed by atoms with Crippen LogP contribution in [0.1, 0.15) is 33.1 Å². The van der Waals surface area contributed by atoms with E-state index in [1.165, 1.54) is 0 Å². The molecule has 1 aliphatic rings. The summed E-state index contributed by atoms with van der Waals surface area (Å²) in [7, 11) is 0. The van der Waals surface area contributed by atoms with Crippen LogP contribution < -0.4 is 0 Å². The summed E-state index contributed by atoms with van der Waals surface area (Å²) in [6, 6.07) is 0. The molecular formula is C13H22O4. The molecular weight excluding hydrogens is 220 g/mol. The lowest BCUT2D eigenvalue weighted by Gasteiger charge is -2.15. The first-order valence-corrected chi connectivity index (χ1v) is 6.15. The van der Waals surface area contributed by atoms with E-state index >= 15 is 0 Å². The molecule has 0 aromatic heterocycles. The highest BCUT2D eigenvalue weighted by Gasteiger charge is 2.18. The van der Waals surface area contributed by atoms with Gasteiger partial charge in [-0.15, -0.1) is 0 Å². The summed E-state index contributed by atoms with van der Waals surface area (Å²) in [6.07, 6.45) is 2.75. The van der Waals surface area contributed by atoms with Gasteiger partial charge in [0.15, 0.2) is 6.29 Å². The first-order valence-electron chi connectivity index (χ1n) is 6.15. The molecule has 1 rings (SSSR count). The molecule has 1 saturated heterocycles. The Morgan fingerprint density at radius 2 is 2.12 bits per heavy atom. The van der Waals surface area contributed by atoms with Gasteiger partial charge in [-0.05, 0) is 25.7 Å². The number of ether oxygens (including phenoxy) is 3. The predicted octanol–water partition coefficient (Wildman–Crippen LogP) is 2.29. The Kier molecular flexibility index (Phi) is 6.22. The van der Waals surface area contributed by atoms with Crippen molar-refractivity contribution >= 4 is 5.97 Å². The Balaban J connectivity index is 2.01. The van der Waals surface area contributed by atoms with E-state index in [0.717, 1.165) is 19.3 Å². The number of esters is 1. The molecule has 0 amide bonds. The van der Waals surface area contributed by atoms with Gasteiger partial charge < -0.3 is 14.2 Å². The van der Waals surface area contributed by atoms with Gasteiger partial charge in [0.05, 0.1) is 19.8 Å². The number of carbonyl (C=O) groups excluding carboxylic acids is 1. The summed E-state index contributed by atoms with van der Waals surface area (Å²) >= 11 is 0. The molecule has 4 heteroatoms. The minimum Gasteiger partial charge on any atom is -0.462 e. The van der Waals surface area contributed by atoms with Crippen molar-refractivity contribution in [3.05, 3.63) is 12.2 Å². The summed E-state index contributed by atoms with van der Waals surface area (Å²) in [5, 5.41) is 0. The van der Waals surface area contributed by atoms with Crippen molar-refractivity contribution in [2.75, 3.05) is 19.8 Å². The lowest BCUT2D eigenvalue weighted by molar-refractivity contribution is -0.139. The fraction of sp³-hybridized carbons (Fsp3) is 0.769. The summed E-state index contributed by atoms with van der Waals surface area (Å²) < 4.78 is 15.8. The first kappa shape index (κ1) is 14.2. The Bertz CT molecular complexity index is 256. The first-order chi connectivity index (χ1) is 8.09. The van der Waals surface area contributed by atoms with E-state index in [9.17, 15) is 4.79 Å². The van der Waals surface area contributed by atoms with E-state index in [1.54, 1.807) is 6.92 Å². The van der Waals surface area contributed by atoms with Crippen molar-refractivity contribution in [1.82, 2.24) is 0 Å². The monoisotopic (exact) mass is 242 g/mol. The van der Waals surface area contributed by atoms with Crippen LogP contribution in [0.5, 0.6) is 0 Å². The molecule has 0 spiro atoms. The van der Waals surface area contributed by atoms with E-state index in [1.807, 2.05) is 0 Å². The second kappa shape index (κ2) is 7.45. The van der Waals surface area contributed by atoms with Gasteiger partial charge in [-0.1, -0.05) is 13.5 Å². The summed E-state index contributed by atoms with van der Waals surface area (Å²) in [5.74, 6) is 0.210. The van der Waals surface area contributed by atoms with Crippen LogP contribution in [0.15, 0.2) is 12.2 Å². The lowest BCUT2D eigenvalue weighted by atomic mass is 10.0. The highest BCUT2D eigenvalue weighted by molar-refractivity contribution is 5.86. The quantitative estimate of drug-likeness (QED) is 0.390. The molecule has 0 aromatic carbocycles. The average molecular weight is 242 g/mol. The van der Waals surface area contributed by atoms with Crippen LogP contribution in [0.25, 0.3) is 0 Å². The van der Waals surface area contributed by atoms with Crippen LogP contribution in [0.3, 0.4) is 0 Å². The number of rotatable bonds is 7. The summed E-state index contributed by atoms with van der Waals surface area (Å²) in [4.78, 5) is 11.1. The molecule has 0 aliphatic carbocycles. The van der Waals surface area contributed by atoms with Gasteiger partial charge in [-0.25, -0.2) is 4.79 Å². The maximum atomic E-state index is 11.1. The third-order valence-electron chi connectivity index (χ3n) is 2.71. The van der Waals surface area contributed by atoms with Gasteiger partial charge in [0, 0.05) is 12.0 Å². The Hall–Kier alpha value is -0.870. The molecule has 98 valence electrons. The second-order valence-corrected chi connectivity index (χ2v) is 4.57. The zero-order valence-corrected chi connectivity index (χ0v) is 10.7. The van der Waals surface area contributed by atoms with Gasteiger partial charge in [0.1, 0.15) is 0 Å². The number of hydrogen-bond acceptors (Lipinski definition) is 4. The standard InChI is InChI=1S/C13H22O4/c1-10(2)13(14)17-6-4-5-11(3)9-12-15-7-8-16-12/h11-12H,1,4-9H2,2-3H3. The molecule has 0 saturated carbocycles. The van der Waals surface area contributed by atoms with Crippen LogP contribution in [-0.2, 0) is 19.0 Å². The van der Waals surface area contributed by atoms with E-state index in [0.29, 0.717) is 31.3 Å². The molecule has 1 unspecified atom stereocenters. The fourth-order valence-corrected chi connectivity index (χ4v) is 1.71. The third-order valence-corrected chi connectivity index (χ3v) is 2.71. The van der Waals surface area contributed by atoms with Crippen molar-refractivity contribution in [3.8, 4) is 0 Å². The largest absolute Gasteiger partial charge is 0.462 e. The smallest absolute Gasteiger partial charge is 0.333 e. The highest BCUT2D eigenvalue weighted by atomic mass is 16.7. The Morgan fingerprint density at radius 3 is 2.71 bits per heavy atom. The fourth-order valence-electron chi connectivity index (χ4n) is 1.71. The Labute approximate surface area is 103 Å². The second-order valence-electron chi connectivity index (χ2n) is 4.57. The topological polar surface area (TPSA) is 44.8 Å². The maximum absolute atomic E-state index is 11.1. The van der Waals surface area contributed by atoms with Crippen molar-refractivity contribution in [1.29, 1.82) is 0 Å². The van der Waals surface area contributed by atoms with Gasteiger partial charge in [-0.2, -0.15) is 0 Å². The minimum absolute atomic E-state index is 0.0389. The molecule has 17 heavy (non-hydrogen) atoms. The molecule has 0 bridgehead atoms. The number of hydrogen-bond donors (Lipinski definition) is 0. The Morgan fingerprint density at radius 1 is 1.47 bits per heavy atom. The van der Waals surface area contributed by atoms with Crippen molar-refractivity contribution in [3.63, 3.8) is 0 Å². The van der Waals surface area contributed by atoms with Gasteiger partial charge in [0.25, 0.3) is 0 Å². The van der Waals surface area contributed by atoms with Crippen LogP contribution >= 0.6 is 0 Å². The van der Waals surface area contributed by atoms with Gasteiger partial charge in [-0.3, -0.25) is 0 Å². The van der Waals surface area contributed by atoms with E-state index in [4.69, 9.17) is 14.2 Å².